The van der Waals surface area contributed by atoms with E-state index in [4.69, 9.17) is 0 Å². The Labute approximate surface area is 213 Å². The van der Waals surface area contributed by atoms with Crippen LogP contribution >= 0.6 is 47.8 Å². The molecule has 3 N–H and O–H groups in total. The van der Waals surface area contributed by atoms with Crippen LogP contribution in [0, 0.1) is 0 Å². The number of sulfonamides is 1. The number of hydrogen-bond donors (Lipinski definition) is 3. The van der Waals surface area contributed by atoms with Crippen LogP contribution < -0.4 is 10.0 Å². The molecule has 0 aromatic heterocycles. The molecule has 0 atom stereocenters. The number of aromatic carboxylic acids is 1. The number of carboxylic acid groups (broad SMARTS) is 1. The number of rotatable bonds is 7. The minimum absolute atomic E-state index is 0.0818. The molecule has 0 aliphatic heterocycles. The fourth-order valence-electron chi connectivity index (χ4n) is 2.75. The van der Waals surface area contributed by atoms with Gasteiger partial charge in [0, 0.05) is 14.5 Å². The summed E-state index contributed by atoms with van der Waals surface area (Å²) in [6.45, 7) is 0. The molecule has 170 valence electrons. The minimum Gasteiger partial charge on any atom is -0.478 e. The van der Waals surface area contributed by atoms with E-state index < -0.39 is 26.6 Å². The van der Waals surface area contributed by atoms with E-state index in [-0.39, 0.29) is 33.0 Å². The van der Waals surface area contributed by atoms with Crippen molar-refractivity contribution in [2.24, 2.45) is 0 Å². The third kappa shape index (κ3) is 6.08. The first-order valence-corrected chi connectivity index (χ1v) is 12.8. The highest BCUT2D eigenvalue weighted by atomic mass is 79.9. The van der Waals surface area contributed by atoms with Crippen LogP contribution in [-0.2, 0) is 10.0 Å². The van der Waals surface area contributed by atoms with Crippen LogP contribution in [0.5, 0.6) is 0 Å². The lowest BCUT2D eigenvalue weighted by atomic mass is 10.1. The van der Waals surface area contributed by atoms with Crippen LogP contribution in [0.4, 0.5) is 11.4 Å². The molecule has 0 aliphatic carbocycles. The smallest absolute Gasteiger partial charge is 0.337 e. The van der Waals surface area contributed by atoms with Crippen LogP contribution in [0.3, 0.4) is 0 Å². The summed E-state index contributed by atoms with van der Waals surface area (Å²) in [5.41, 5.74) is 0.309. The van der Waals surface area contributed by atoms with Gasteiger partial charge in [0.2, 0.25) is 4.69 Å². The fourth-order valence-corrected chi connectivity index (χ4v) is 4.88. The predicted molar refractivity (Wildman–Crippen MR) is 134 cm³/mol. The number of benzene rings is 3. The molecule has 0 fully saturated rings. The molecule has 0 saturated heterocycles. The second kappa shape index (κ2) is 10.2. The summed E-state index contributed by atoms with van der Waals surface area (Å²) in [7, 11) is -4.06. The van der Waals surface area contributed by atoms with Crippen LogP contribution in [-0.4, -0.2) is 30.1 Å². The third-order valence-corrected chi connectivity index (χ3v) is 7.12. The normalized spacial score (nSPS) is 11.0. The predicted octanol–water partition coefficient (Wildman–Crippen LogP) is 5.50. The summed E-state index contributed by atoms with van der Waals surface area (Å²) >= 11 is 9.23. The van der Waals surface area contributed by atoms with Crippen molar-refractivity contribution in [2.45, 2.75) is 4.90 Å². The van der Waals surface area contributed by atoms with Gasteiger partial charge in [-0.05, 0) is 76.6 Å². The first-order valence-electron chi connectivity index (χ1n) is 8.94. The van der Waals surface area contributed by atoms with Crippen molar-refractivity contribution in [3.8, 4) is 0 Å². The molecule has 0 unspecified atom stereocenters. The SMILES string of the molecule is O=C(Nc1ccc(Br)cc1C(=O)O)c1ccc(S(=O)(=O)Nc2ccc(Br)cc2C(=O)Br)cc1. The Morgan fingerprint density at radius 1 is 0.788 bits per heavy atom. The van der Waals surface area contributed by atoms with Gasteiger partial charge in [0.05, 0.1) is 27.4 Å². The molecule has 0 aliphatic rings. The lowest BCUT2D eigenvalue weighted by Gasteiger charge is -2.12. The molecule has 1 amide bonds. The van der Waals surface area contributed by atoms with Crippen molar-refractivity contribution in [3.05, 3.63) is 86.3 Å². The average Bonchev–Trinajstić information content (AvgIpc) is 2.75. The lowest BCUT2D eigenvalue weighted by molar-refractivity contribution is 0.0697. The topological polar surface area (TPSA) is 130 Å². The second-order valence-electron chi connectivity index (χ2n) is 6.54. The van der Waals surface area contributed by atoms with Gasteiger partial charge in [0.15, 0.2) is 0 Å². The molecule has 0 heterocycles. The number of hydrogen-bond acceptors (Lipinski definition) is 5. The van der Waals surface area contributed by atoms with Crippen molar-refractivity contribution in [1.82, 2.24) is 0 Å². The van der Waals surface area contributed by atoms with E-state index in [1.807, 2.05) is 0 Å². The van der Waals surface area contributed by atoms with Crippen molar-refractivity contribution >= 4 is 85.8 Å². The molecule has 33 heavy (non-hydrogen) atoms. The van der Waals surface area contributed by atoms with Gasteiger partial charge in [0.1, 0.15) is 0 Å². The Kier molecular flexibility index (Phi) is 7.73. The summed E-state index contributed by atoms with van der Waals surface area (Å²) in [5.74, 6) is -1.83. The Morgan fingerprint density at radius 3 is 1.88 bits per heavy atom. The lowest BCUT2D eigenvalue weighted by Crippen LogP contribution is -2.17. The van der Waals surface area contributed by atoms with Crippen LogP contribution in [0.15, 0.2) is 74.5 Å². The largest absolute Gasteiger partial charge is 0.478 e. The molecule has 3 aromatic rings. The molecular weight excluding hydrogens is 648 g/mol. The Morgan fingerprint density at radius 2 is 1.33 bits per heavy atom. The van der Waals surface area contributed by atoms with Gasteiger partial charge in [-0.15, -0.1) is 0 Å². The molecular formula is C21H13Br3N2O6S. The highest BCUT2D eigenvalue weighted by Gasteiger charge is 2.20. The van der Waals surface area contributed by atoms with E-state index in [0.29, 0.717) is 8.95 Å². The first kappa shape index (κ1) is 25.1. The van der Waals surface area contributed by atoms with Crippen LogP contribution in [0.25, 0.3) is 0 Å². The standard InChI is InChI=1S/C21H13Br3N2O6S/c22-12-4-8-18(15(9-12)19(24)27)26-33(31,32)14-5-1-11(2-6-14)20(28)25-17-7-3-13(23)10-16(17)21(29)30/h1-10,26H,(H,25,28)(H,29,30). The number of carboxylic acids is 1. The van der Waals surface area contributed by atoms with E-state index in [1.54, 1.807) is 12.1 Å². The van der Waals surface area contributed by atoms with Crippen molar-refractivity contribution in [1.29, 1.82) is 0 Å². The monoisotopic (exact) mass is 658 g/mol. The first-order chi connectivity index (χ1) is 15.5. The number of anilines is 2. The highest BCUT2D eigenvalue weighted by Crippen LogP contribution is 2.26. The fraction of sp³-hybridized carbons (Fsp3) is 0. The zero-order valence-electron chi connectivity index (χ0n) is 16.3. The van der Waals surface area contributed by atoms with Crippen molar-refractivity contribution in [2.75, 3.05) is 10.0 Å². The van der Waals surface area contributed by atoms with Gasteiger partial charge in [-0.25, -0.2) is 13.2 Å². The second-order valence-corrected chi connectivity index (χ2v) is 10.8. The van der Waals surface area contributed by atoms with Gasteiger partial charge in [-0.3, -0.25) is 14.3 Å². The summed E-state index contributed by atoms with van der Waals surface area (Å²) in [6.07, 6.45) is 0. The summed E-state index contributed by atoms with van der Waals surface area (Å²) in [4.78, 5) is 35.6. The average molecular weight is 661 g/mol. The van der Waals surface area contributed by atoms with Crippen molar-refractivity contribution < 1.29 is 27.9 Å². The van der Waals surface area contributed by atoms with Crippen LogP contribution in [0.1, 0.15) is 31.1 Å². The van der Waals surface area contributed by atoms with Gasteiger partial charge in [0.25, 0.3) is 15.9 Å². The number of carbonyl (C=O) groups excluding carboxylic acids is 2. The molecule has 0 spiro atoms. The van der Waals surface area contributed by atoms with E-state index in [1.165, 1.54) is 48.5 Å². The maximum atomic E-state index is 12.8. The van der Waals surface area contributed by atoms with Crippen molar-refractivity contribution in [3.63, 3.8) is 0 Å². The van der Waals surface area contributed by atoms with E-state index in [2.05, 4.69) is 57.8 Å². The molecule has 12 heteroatoms. The zero-order valence-corrected chi connectivity index (χ0v) is 21.9. The summed E-state index contributed by atoms with van der Waals surface area (Å²) in [6, 6.07) is 13.9. The van der Waals surface area contributed by atoms with Crippen LogP contribution in [0.2, 0.25) is 0 Å². The zero-order chi connectivity index (χ0) is 24.3. The number of nitrogens with one attached hydrogen (secondary N) is 2. The molecule has 8 nitrogen and oxygen atoms in total. The number of amides is 1. The number of halogens is 3. The van der Waals surface area contributed by atoms with Gasteiger partial charge >= 0.3 is 5.97 Å². The maximum absolute atomic E-state index is 12.8. The van der Waals surface area contributed by atoms with E-state index in [0.717, 1.165) is 0 Å². The quantitative estimate of drug-likeness (QED) is 0.287. The minimum atomic E-state index is -4.06. The molecule has 3 rings (SSSR count). The summed E-state index contributed by atoms with van der Waals surface area (Å²) < 4.78 is 28.5. The van der Waals surface area contributed by atoms with E-state index >= 15 is 0 Å². The molecule has 0 radical (unpaired) electrons. The van der Waals surface area contributed by atoms with Gasteiger partial charge in [-0.2, -0.15) is 0 Å². The van der Waals surface area contributed by atoms with Gasteiger partial charge < -0.3 is 10.4 Å². The Balaban J connectivity index is 1.82. The van der Waals surface area contributed by atoms with E-state index in [9.17, 15) is 27.9 Å². The molecule has 0 saturated carbocycles. The molecule has 0 bridgehead atoms. The molecule has 3 aromatic carbocycles. The third-order valence-electron chi connectivity index (χ3n) is 4.32. The Bertz CT molecular complexity index is 1380. The highest BCUT2D eigenvalue weighted by molar-refractivity contribution is 9.18. The van der Waals surface area contributed by atoms with Gasteiger partial charge in [-0.1, -0.05) is 31.9 Å². The Hall–Kier alpha value is -2.54. The summed E-state index contributed by atoms with van der Waals surface area (Å²) in [5, 5.41) is 11.8. The number of carbonyl (C=O) groups is 3. The maximum Gasteiger partial charge on any atom is 0.337 e.